The summed E-state index contributed by atoms with van der Waals surface area (Å²) >= 11 is 0. The first-order valence-corrected chi connectivity index (χ1v) is 23.5. The van der Waals surface area contributed by atoms with E-state index in [9.17, 15) is 5.11 Å². The topological polar surface area (TPSA) is 111 Å². The number of hydrogen-bond acceptors (Lipinski definition) is 9. The number of benzene rings is 3. The van der Waals surface area contributed by atoms with Gasteiger partial charge in [-0.25, -0.2) is 4.39 Å². The van der Waals surface area contributed by atoms with Gasteiger partial charge < -0.3 is 23.5 Å². The second-order valence-electron chi connectivity index (χ2n) is 17.8. The fourth-order valence-electron chi connectivity index (χ4n) is 9.45. The molecule has 0 spiro atoms. The molecule has 1 aromatic heterocycles. The summed E-state index contributed by atoms with van der Waals surface area (Å²) in [6.45, 7) is 19.3. The maximum Gasteiger partial charge on any atom is 0.265 e. The molecule has 3 aromatic carbocycles. The van der Waals surface area contributed by atoms with Crippen LogP contribution in [0.5, 0.6) is 11.6 Å². The highest BCUT2D eigenvalue weighted by Crippen LogP contribution is 2.60. The maximum absolute atomic E-state index is 16.8. The number of carbonyl (C=O) groups is 2. The van der Waals surface area contributed by atoms with Crippen LogP contribution >= 0.6 is 0 Å². The Bertz CT molecular complexity index is 2340. The lowest BCUT2D eigenvalue weighted by molar-refractivity contribution is -0.141. The van der Waals surface area contributed by atoms with E-state index in [1.165, 1.54) is 0 Å². The van der Waals surface area contributed by atoms with E-state index < -0.39 is 48.4 Å². The third-order valence-electron chi connectivity index (χ3n) is 13.2. The number of aromatic nitrogens is 1. The zero-order valence-corrected chi connectivity index (χ0v) is 35.6. The number of rotatable bonds is 13. The van der Waals surface area contributed by atoms with Crippen molar-refractivity contribution < 1.29 is 37.5 Å². The van der Waals surface area contributed by atoms with Gasteiger partial charge in [0.25, 0.3) is 5.88 Å². The molecule has 9 nitrogen and oxygen atoms in total. The molecule has 8 rings (SSSR count). The Hall–Kier alpha value is -5.10. The SMILES string of the molecule is C=CCN(CC=C)[C@@H]1c2onc(OCc3ccccc3)c2C(=O)[C@@]2(O[Si](C)(C)C(C)(C)C)C(=O)C3=C(O)c4c(c(F)c5c(c4OCc4ccccc4)CCC5)C[C@H]3C[C@@H]12. The fourth-order valence-corrected chi connectivity index (χ4v) is 10.9. The van der Waals surface area contributed by atoms with E-state index in [1.807, 2.05) is 78.7 Å². The lowest BCUT2D eigenvalue weighted by Crippen LogP contribution is -2.68. The minimum atomic E-state index is -3.00. The van der Waals surface area contributed by atoms with Crippen molar-refractivity contribution in [2.75, 3.05) is 13.1 Å². The lowest BCUT2D eigenvalue weighted by atomic mass is 9.57. The molecular formula is C48H53FN2O7Si. The molecule has 4 aromatic rings. The molecule has 308 valence electrons. The van der Waals surface area contributed by atoms with Gasteiger partial charge in [0.15, 0.2) is 19.7 Å². The second kappa shape index (κ2) is 15.5. The largest absolute Gasteiger partial charge is 0.507 e. The predicted octanol–water partition coefficient (Wildman–Crippen LogP) is 9.86. The van der Waals surface area contributed by atoms with Gasteiger partial charge >= 0.3 is 0 Å². The Kier molecular flexibility index (Phi) is 10.7. The minimum absolute atomic E-state index is 0.0380. The van der Waals surface area contributed by atoms with Crippen LogP contribution < -0.4 is 9.47 Å². The van der Waals surface area contributed by atoms with Crippen molar-refractivity contribution >= 4 is 25.6 Å². The molecule has 0 radical (unpaired) electrons. The number of fused-ring (bicyclic) bond motifs is 5. The summed E-state index contributed by atoms with van der Waals surface area (Å²) in [5.41, 5.74) is 1.58. The Morgan fingerprint density at radius 1 is 0.915 bits per heavy atom. The number of hydrogen-bond donors (Lipinski definition) is 1. The zero-order chi connectivity index (χ0) is 41.9. The van der Waals surface area contributed by atoms with Crippen LogP contribution in [0.2, 0.25) is 18.1 Å². The Morgan fingerprint density at radius 2 is 1.53 bits per heavy atom. The predicted molar refractivity (Wildman–Crippen MR) is 226 cm³/mol. The highest BCUT2D eigenvalue weighted by molar-refractivity contribution is 6.74. The molecule has 59 heavy (non-hydrogen) atoms. The molecule has 4 aliphatic carbocycles. The number of Topliss-reactive ketones (excluding diaryl/α,β-unsaturated/α-hetero) is 2. The maximum atomic E-state index is 16.8. The van der Waals surface area contributed by atoms with Gasteiger partial charge in [0.2, 0.25) is 11.6 Å². The average molecular weight is 817 g/mol. The molecule has 0 aliphatic heterocycles. The monoisotopic (exact) mass is 816 g/mol. The zero-order valence-electron chi connectivity index (χ0n) is 34.6. The van der Waals surface area contributed by atoms with Gasteiger partial charge in [-0.15, -0.1) is 13.2 Å². The summed E-state index contributed by atoms with van der Waals surface area (Å²) in [7, 11) is -3.00. The molecule has 4 aliphatic rings. The Labute approximate surface area is 346 Å². The smallest absolute Gasteiger partial charge is 0.265 e. The molecule has 11 heteroatoms. The summed E-state index contributed by atoms with van der Waals surface area (Å²) in [6.07, 6.45) is 5.73. The highest BCUT2D eigenvalue weighted by Gasteiger charge is 2.69. The molecule has 1 heterocycles. The molecular weight excluding hydrogens is 764 g/mol. The molecule has 1 N–H and O–H groups in total. The summed E-state index contributed by atoms with van der Waals surface area (Å²) in [6, 6.07) is 18.4. The first-order chi connectivity index (χ1) is 28.2. The van der Waals surface area contributed by atoms with Gasteiger partial charge in [-0.1, -0.05) is 93.6 Å². The molecule has 0 unspecified atom stereocenters. The molecule has 0 saturated heterocycles. The molecule has 4 atom stereocenters. The van der Waals surface area contributed by atoms with Crippen molar-refractivity contribution in [1.29, 1.82) is 0 Å². The second-order valence-corrected chi connectivity index (χ2v) is 22.5. The van der Waals surface area contributed by atoms with Crippen molar-refractivity contribution in [3.63, 3.8) is 0 Å². The van der Waals surface area contributed by atoms with Gasteiger partial charge in [-0.05, 0) is 78.0 Å². The third-order valence-corrected chi connectivity index (χ3v) is 17.7. The van der Waals surface area contributed by atoms with Gasteiger partial charge in [0.1, 0.15) is 36.1 Å². The number of carbonyl (C=O) groups excluding carboxylic acids is 2. The number of ether oxygens (including phenoxy) is 2. The first kappa shape index (κ1) is 40.7. The van der Waals surface area contributed by atoms with Crippen LogP contribution in [0.1, 0.15) is 89.2 Å². The Balaban J connectivity index is 1.35. The highest BCUT2D eigenvalue weighted by atomic mass is 28.4. The van der Waals surface area contributed by atoms with Crippen LogP contribution in [0.25, 0.3) is 5.76 Å². The van der Waals surface area contributed by atoms with E-state index in [1.54, 1.807) is 12.2 Å². The van der Waals surface area contributed by atoms with Crippen molar-refractivity contribution in [2.24, 2.45) is 11.8 Å². The van der Waals surface area contributed by atoms with E-state index in [-0.39, 0.29) is 66.0 Å². The summed E-state index contributed by atoms with van der Waals surface area (Å²) in [5, 5.41) is 16.5. The summed E-state index contributed by atoms with van der Waals surface area (Å²) in [4.78, 5) is 33.9. The normalized spacial score (nSPS) is 22.3. The number of halogens is 1. The van der Waals surface area contributed by atoms with Crippen LogP contribution in [-0.2, 0) is 41.7 Å². The van der Waals surface area contributed by atoms with E-state index in [0.29, 0.717) is 48.4 Å². The quantitative estimate of drug-likeness (QED) is 0.0801. The summed E-state index contributed by atoms with van der Waals surface area (Å²) < 4.78 is 43.1. The standard InChI is InChI=1S/C48H53FN2O7Si/c1-8-23-51(24-9-2)40-35-26-31-25-34-37(42(33-22-16-21-32(33)39(34)49)55-27-29-17-12-10-13-18-29)41(52)36(31)44(53)48(35,58-59(6,7)47(3,4)5)45(54)38-43(40)57-50-46(38)56-28-30-19-14-11-15-20-30/h8-15,17-20,31,35,40,52H,1-2,16,21-28H2,3-7H3/t31-,35-,40-,48-/m0/s1. The number of aliphatic hydroxyl groups excluding tert-OH is 1. The van der Waals surface area contributed by atoms with Gasteiger partial charge in [-0.3, -0.25) is 14.5 Å². The van der Waals surface area contributed by atoms with E-state index in [4.69, 9.17) is 18.4 Å². The average Bonchev–Trinajstić information content (AvgIpc) is 3.87. The van der Waals surface area contributed by atoms with Crippen molar-refractivity contribution in [3.8, 4) is 11.6 Å². The fraction of sp³-hybridized carbons (Fsp3) is 0.396. The van der Waals surface area contributed by atoms with Crippen LogP contribution in [0.4, 0.5) is 4.39 Å². The van der Waals surface area contributed by atoms with E-state index in [2.05, 4.69) is 39.1 Å². The van der Waals surface area contributed by atoms with Crippen LogP contribution in [0.15, 0.2) is 96.1 Å². The van der Waals surface area contributed by atoms with E-state index in [0.717, 1.165) is 17.5 Å². The summed E-state index contributed by atoms with van der Waals surface area (Å²) in [5.74, 6) is -2.81. The van der Waals surface area contributed by atoms with Crippen LogP contribution in [-0.4, -0.2) is 53.7 Å². The number of ketones is 2. The lowest BCUT2D eigenvalue weighted by Gasteiger charge is -2.55. The van der Waals surface area contributed by atoms with Crippen LogP contribution in [0.3, 0.4) is 0 Å². The van der Waals surface area contributed by atoms with Crippen LogP contribution in [0, 0.1) is 17.7 Å². The third kappa shape index (κ3) is 6.71. The molecule has 1 fully saturated rings. The molecule has 0 amide bonds. The molecule has 1 saturated carbocycles. The van der Waals surface area contributed by atoms with Gasteiger partial charge in [0, 0.05) is 35.7 Å². The van der Waals surface area contributed by atoms with Gasteiger partial charge in [-0.2, -0.15) is 0 Å². The number of aliphatic hydroxyl groups is 1. The number of nitrogens with zero attached hydrogens (tertiary/aromatic N) is 2. The van der Waals surface area contributed by atoms with Gasteiger partial charge in [0.05, 0.1) is 11.6 Å². The minimum Gasteiger partial charge on any atom is -0.507 e. The van der Waals surface area contributed by atoms with Crippen molar-refractivity contribution in [3.05, 3.63) is 142 Å². The van der Waals surface area contributed by atoms with Crippen molar-refractivity contribution in [1.82, 2.24) is 10.1 Å². The molecule has 0 bridgehead atoms. The first-order valence-electron chi connectivity index (χ1n) is 20.6. The Morgan fingerprint density at radius 3 is 2.14 bits per heavy atom. The van der Waals surface area contributed by atoms with Crippen molar-refractivity contribution in [2.45, 2.75) is 95.9 Å². The van der Waals surface area contributed by atoms with E-state index >= 15 is 14.0 Å².